The quantitative estimate of drug-likeness (QED) is 0.902. The summed E-state index contributed by atoms with van der Waals surface area (Å²) < 4.78 is 0. The maximum atomic E-state index is 11.0. The molecule has 3 N–H and O–H groups in total. The number of hydrogen-bond donors (Lipinski definition) is 2. The van der Waals surface area contributed by atoms with Crippen LogP contribution in [0.25, 0.3) is 23.4 Å². The Labute approximate surface area is 123 Å². The van der Waals surface area contributed by atoms with Crippen molar-refractivity contribution in [2.24, 2.45) is 5.73 Å². The van der Waals surface area contributed by atoms with Gasteiger partial charge in [-0.3, -0.25) is 0 Å². The number of hydrogen-bond acceptors (Lipinski definition) is 3. The zero-order chi connectivity index (χ0) is 15.4. The van der Waals surface area contributed by atoms with Crippen molar-refractivity contribution in [1.29, 1.82) is 0 Å². The SMILES string of the molecule is C=Cc1ncnc(-c2cc(NC(N)=O)ccc2C)c1C=C. The first-order valence-corrected chi connectivity index (χ1v) is 6.34. The standard InChI is InChI=1S/C16H16N4O/c1-4-12-14(5-2)18-9-19-15(12)13-8-11(20-16(17)21)7-6-10(13)3/h4-9H,1-2H2,3H3,(H3,17,20,21). The third-order valence-electron chi connectivity index (χ3n) is 3.07. The predicted octanol–water partition coefficient (Wildman–Crippen LogP) is 3.23. The predicted molar refractivity (Wildman–Crippen MR) is 85.6 cm³/mol. The molecular formula is C16H16N4O. The molecule has 2 amide bonds. The van der Waals surface area contributed by atoms with E-state index in [-0.39, 0.29) is 0 Å². The van der Waals surface area contributed by atoms with Gasteiger partial charge >= 0.3 is 6.03 Å². The minimum Gasteiger partial charge on any atom is -0.351 e. The van der Waals surface area contributed by atoms with E-state index in [4.69, 9.17) is 5.73 Å². The number of primary amides is 1. The van der Waals surface area contributed by atoms with Gasteiger partial charge in [0.05, 0.1) is 11.4 Å². The first-order chi connectivity index (χ1) is 10.1. The molecule has 21 heavy (non-hydrogen) atoms. The summed E-state index contributed by atoms with van der Waals surface area (Å²) in [5, 5.41) is 2.56. The summed E-state index contributed by atoms with van der Waals surface area (Å²) in [4.78, 5) is 19.5. The normalized spacial score (nSPS) is 9.95. The number of carbonyl (C=O) groups is 1. The number of benzene rings is 1. The Morgan fingerprint density at radius 1 is 1.29 bits per heavy atom. The molecular weight excluding hydrogens is 264 g/mol. The van der Waals surface area contributed by atoms with Crippen LogP contribution in [-0.2, 0) is 0 Å². The Balaban J connectivity index is 2.63. The van der Waals surface area contributed by atoms with Gasteiger partial charge in [-0.05, 0) is 30.7 Å². The second-order valence-corrected chi connectivity index (χ2v) is 4.45. The summed E-state index contributed by atoms with van der Waals surface area (Å²) in [6, 6.07) is 4.89. The number of amides is 2. The summed E-state index contributed by atoms with van der Waals surface area (Å²) in [5.41, 5.74) is 9.89. The largest absolute Gasteiger partial charge is 0.351 e. The highest BCUT2D eigenvalue weighted by molar-refractivity contribution is 5.89. The molecule has 5 heteroatoms. The number of nitrogens with two attached hydrogens (primary N) is 1. The molecule has 2 aromatic rings. The van der Waals surface area contributed by atoms with Gasteiger partial charge in [0.2, 0.25) is 0 Å². The van der Waals surface area contributed by atoms with Crippen molar-refractivity contribution < 1.29 is 4.79 Å². The number of nitrogens with zero attached hydrogens (tertiary/aromatic N) is 2. The van der Waals surface area contributed by atoms with Gasteiger partial charge in [0.1, 0.15) is 6.33 Å². The minimum atomic E-state index is -0.608. The van der Waals surface area contributed by atoms with E-state index in [0.29, 0.717) is 11.4 Å². The van der Waals surface area contributed by atoms with E-state index in [1.807, 2.05) is 19.1 Å². The fraction of sp³-hybridized carbons (Fsp3) is 0.0625. The van der Waals surface area contributed by atoms with Gasteiger partial charge in [0, 0.05) is 16.8 Å². The molecule has 1 heterocycles. The van der Waals surface area contributed by atoms with E-state index in [0.717, 1.165) is 22.4 Å². The van der Waals surface area contributed by atoms with E-state index in [1.165, 1.54) is 6.33 Å². The molecule has 0 fully saturated rings. The van der Waals surface area contributed by atoms with Crippen molar-refractivity contribution in [1.82, 2.24) is 9.97 Å². The molecule has 0 spiro atoms. The number of urea groups is 1. The summed E-state index contributed by atoms with van der Waals surface area (Å²) in [5.74, 6) is 0. The Bertz CT molecular complexity index is 722. The average molecular weight is 280 g/mol. The molecule has 0 aliphatic heterocycles. The molecule has 0 atom stereocenters. The number of aryl methyl sites for hydroxylation is 1. The lowest BCUT2D eigenvalue weighted by atomic mass is 9.99. The van der Waals surface area contributed by atoms with Gasteiger partial charge < -0.3 is 11.1 Å². The van der Waals surface area contributed by atoms with Crippen molar-refractivity contribution in [2.45, 2.75) is 6.92 Å². The van der Waals surface area contributed by atoms with Crippen LogP contribution in [0.3, 0.4) is 0 Å². The topological polar surface area (TPSA) is 80.9 Å². The van der Waals surface area contributed by atoms with Crippen LogP contribution in [0, 0.1) is 6.92 Å². The lowest BCUT2D eigenvalue weighted by molar-refractivity contribution is 0.259. The summed E-state index contributed by atoms with van der Waals surface area (Å²) >= 11 is 0. The highest BCUT2D eigenvalue weighted by Crippen LogP contribution is 2.29. The number of rotatable bonds is 4. The molecule has 0 radical (unpaired) electrons. The first-order valence-electron chi connectivity index (χ1n) is 6.34. The summed E-state index contributed by atoms with van der Waals surface area (Å²) in [7, 11) is 0. The van der Waals surface area contributed by atoms with E-state index in [1.54, 1.807) is 18.2 Å². The first kappa shape index (κ1) is 14.5. The van der Waals surface area contributed by atoms with Crippen molar-refractivity contribution >= 4 is 23.9 Å². The summed E-state index contributed by atoms with van der Waals surface area (Å²) in [6.45, 7) is 9.51. The molecule has 2 rings (SSSR count). The number of carbonyl (C=O) groups excluding carboxylic acids is 1. The highest BCUT2D eigenvalue weighted by Gasteiger charge is 2.12. The van der Waals surface area contributed by atoms with E-state index >= 15 is 0 Å². The summed E-state index contributed by atoms with van der Waals surface area (Å²) in [6.07, 6.45) is 4.83. The molecule has 5 nitrogen and oxygen atoms in total. The van der Waals surface area contributed by atoms with Gasteiger partial charge in [-0.15, -0.1) is 0 Å². The molecule has 0 saturated carbocycles. The molecule has 0 aliphatic rings. The number of nitrogens with one attached hydrogen (secondary N) is 1. The molecule has 0 saturated heterocycles. The van der Waals surface area contributed by atoms with E-state index in [2.05, 4.69) is 28.4 Å². The zero-order valence-electron chi connectivity index (χ0n) is 11.8. The monoisotopic (exact) mass is 280 g/mol. The van der Waals surface area contributed by atoms with Gasteiger partial charge in [-0.25, -0.2) is 14.8 Å². The van der Waals surface area contributed by atoms with Crippen LogP contribution in [0.4, 0.5) is 10.5 Å². The average Bonchev–Trinajstić information content (AvgIpc) is 2.47. The molecule has 1 aromatic carbocycles. The number of anilines is 1. The second-order valence-electron chi connectivity index (χ2n) is 4.45. The third-order valence-corrected chi connectivity index (χ3v) is 3.07. The van der Waals surface area contributed by atoms with Crippen LogP contribution >= 0.6 is 0 Å². The third kappa shape index (κ3) is 2.97. The lowest BCUT2D eigenvalue weighted by Crippen LogP contribution is -2.19. The molecule has 106 valence electrons. The minimum absolute atomic E-state index is 0.608. The van der Waals surface area contributed by atoms with Crippen molar-refractivity contribution in [3.8, 4) is 11.3 Å². The van der Waals surface area contributed by atoms with Crippen LogP contribution in [0.15, 0.2) is 37.7 Å². The smallest absolute Gasteiger partial charge is 0.316 e. The van der Waals surface area contributed by atoms with Crippen LogP contribution in [0.1, 0.15) is 16.8 Å². The maximum Gasteiger partial charge on any atom is 0.316 e. The Kier molecular flexibility index (Phi) is 4.13. The van der Waals surface area contributed by atoms with Crippen LogP contribution in [0.2, 0.25) is 0 Å². The van der Waals surface area contributed by atoms with Crippen LogP contribution in [-0.4, -0.2) is 16.0 Å². The molecule has 0 bridgehead atoms. The van der Waals surface area contributed by atoms with Crippen molar-refractivity contribution in [2.75, 3.05) is 5.32 Å². The molecule has 1 aromatic heterocycles. The Morgan fingerprint density at radius 3 is 2.67 bits per heavy atom. The van der Waals surface area contributed by atoms with Crippen molar-refractivity contribution in [3.63, 3.8) is 0 Å². The van der Waals surface area contributed by atoms with E-state index in [9.17, 15) is 4.79 Å². The fourth-order valence-electron chi connectivity index (χ4n) is 2.08. The van der Waals surface area contributed by atoms with Gasteiger partial charge in [0.25, 0.3) is 0 Å². The number of aromatic nitrogens is 2. The Hall–Kier alpha value is -2.95. The maximum absolute atomic E-state index is 11.0. The van der Waals surface area contributed by atoms with Crippen LogP contribution < -0.4 is 11.1 Å². The zero-order valence-corrected chi connectivity index (χ0v) is 11.8. The molecule has 0 unspecified atom stereocenters. The van der Waals surface area contributed by atoms with Gasteiger partial charge in [-0.2, -0.15) is 0 Å². The highest BCUT2D eigenvalue weighted by atomic mass is 16.2. The van der Waals surface area contributed by atoms with Crippen molar-refractivity contribution in [3.05, 3.63) is 54.5 Å². The van der Waals surface area contributed by atoms with Crippen LogP contribution in [0.5, 0.6) is 0 Å². The second kappa shape index (κ2) is 6.00. The van der Waals surface area contributed by atoms with Gasteiger partial charge in [0.15, 0.2) is 0 Å². The molecule has 0 aliphatic carbocycles. The fourth-order valence-corrected chi connectivity index (χ4v) is 2.08. The Morgan fingerprint density at radius 2 is 2.05 bits per heavy atom. The van der Waals surface area contributed by atoms with Gasteiger partial charge in [-0.1, -0.05) is 25.3 Å². The lowest BCUT2D eigenvalue weighted by Gasteiger charge is -2.12. The van der Waals surface area contributed by atoms with E-state index < -0.39 is 6.03 Å².